The maximum Gasteiger partial charge on any atom is 0.0704 e. The molecule has 1 N–H and O–H groups in total. The number of aliphatic hydroxyl groups is 1. The van der Waals surface area contributed by atoms with Crippen LogP contribution in [0.2, 0.25) is 0 Å². The van der Waals surface area contributed by atoms with E-state index in [2.05, 4.69) is 11.6 Å². The highest BCUT2D eigenvalue weighted by molar-refractivity contribution is 5.92. The summed E-state index contributed by atoms with van der Waals surface area (Å²) in [6.45, 7) is 5.76. The average Bonchev–Trinajstić information content (AvgIpc) is 3.00. The topological polar surface area (TPSA) is 45.1 Å². The predicted octanol–water partition coefficient (Wildman–Crippen LogP) is 2.19. The van der Waals surface area contributed by atoms with Crippen molar-refractivity contribution in [2.45, 2.75) is 44.6 Å². The van der Waals surface area contributed by atoms with E-state index in [-0.39, 0.29) is 12.0 Å². The Labute approximate surface area is 116 Å². The molecule has 1 saturated carbocycles. The SMILES string of the molecule is C=CC[C@@]1(CO)CCCC1=NN1CCC[C@@H]1COC. The number of aliphatic hydroxyl groups excluding tert-OH is 1. The van der Waals surface area contributed by atoms with E-state index >= 15 is 0 Å². The second-order valence-corrected chi connectivity index (χ2v) is 5.75. The van der Waals surface area contributed by atoms with E-state index in [1.165, 1.54) is 6.42 Å². The third-order valence-corrected chi connectivity index (χ3v) is 4.47. The molecule has 1 aliphatic heterocycles. The van der Waals surface area contributed by atoms with Crippen LogP contribution in [0.4, 0.5) is 0 Å². The van der Waals surface area contributed by atoms with Crippen molar-refractivity contribution in [3.05, 3.63) is 12.7 Å². The first-order valence-corrected chi connectivity index (χ1v) is 7.31. The van der Waals surface area contributed by atoms with Gasteiger partial charge in [-0.1, -0.05) is 6.08 Å². The molecule has 0 spiro atoms. The summed E-state index contributed by atoms with van der Waals surface area (Å²) in [6, 6.07) is 0.401. The summed E-state index contributed by atoms with van der Waals surface area (Å²) in [6.07, 6.45) is 8.22. The molecular formula is C15H26N2O2. The van der Waals surface area contributed by atoms with Crippen LogP contribution in [-0.2, 0) is 4.74 Å². The van der Waals surface area contributed by atoms with Crippen molar-refractivity contribution in [3.8, 4) is 0 Å². The van der Waals surface area contributed by atoms with Crippen LogP contribution >= 0.6 is 0 Å². The number of methoxy groups -OCH3 is 1. The standard InChI is InChI=1S/C15H26N2O2/c1-3-8-15(12-18)9-4-7-14(15)16-17-10-5-6-13(17)11-19-2/h3,13,18H,1,4-12H2,2H3/t13-,15+/m1/s1. The Morgan fingerprint density at radius 1 is 1.58 bits per heavy atom. The maximum absolute atomic E-state index is 9.79. The molecule has 4 nitrogen and oxygen atoms in total. The molecule has 0 aromatic rings. The summed E-state index contributed by atoms with van der Waals surface area (Å²) < 4.78 is 5.27. The summed E-state index contributed by atoms with van der Waals surface area (Å²) in [4.78, 5) is 0. The minimum atomic E-state index is -0.151. The fourth-order valence-electron chi connectivity index (χ4n) is 3.36. The number of allylic oxidation sites excluding steroid dienone is 1. The Balaban J connectivity index is 2.14. The molecule has 0 amide bonds. The van der Waals surface area contributed by atoms with Gasteiger partial charge >= 0.3 is 0 Å². The molecule has 2 rings (SSSR count). The molecule has 19 heavy (non-hydrogen) atoms. The van der Waals surface area contributed by atoms with Gasteiger partial charge in [-0.3, -0.25) is 5.01 Å². The third kappa shape index (κ3) is 3.00. The van der Waals surface area contributed by atoms with Crippen LogP contribution in [0.15, 0.2) is 17.8 Å². The van der Waals surface area contributed by atoms with Crippen molar-refractivity contribution in [2.75, 3.05) is 26.9 Å². The van der Waals surface area contributed by atoms with Crippen molar-refractivity contribution in [2.24, 2.45) is 10.5 Å². The highest BCUT2D eigenvalue weighted by Gasteiger charge is 2.39. The van der Waals surface area contributed by atoms with E-state index in [4.69, 9.17) is 9.84 Å². The monoisotopic (exact) mass is 266 g/mol. The summed E-state index contributed by atoms with van der Waals surface area (Å²) in [5.41, 5.74) is 1.01. The lowest BCUT2D eigenvalue weighted by Gasteiger charge is -2.29. The van der Waals surface area contributed by atoms with E-state index < -0.39 is 0 Å². The van der Waals surface area contributed by atoms with E-state index in [9.17, 15) is 5.11 Å². The fourth-order valence-corrected chi connectivity index (χ4v) is 3.36. The maximum atomic E-state index is 9.79. The average molecular weight is 266 g/mol. The first-order valence-electron chi connectivity index (χ1n) is 7.31. The van der Waals surface area contributed by atoms with Crippen molar-refractivity contribution < 1.29 is 9.84 Å². The van der Waals surface area contributed by atoms with Crippen molar-refractivity contribution in [1.29, 1.82) is 0 Å². The molecule has 2 atom stereocenters. The first-order chi connectivity index (χ1) is 9.25. The van der Waals surface area contributed by atoms with Crippen molar-refractivity contribution in [3.63, 3.8) is 0 Å². The van der Waals surface area contributed by atoms with E-state index in [1.54, 1.807) is 7.11 Å². The van der Waals surface area contributed by atoms with Crippen LogP contribution in [0.3, 0.4) is 0 Å². The smallest absolute Gasteiger partial charge is 0.0704 e. The van der Waals surface area contributed by atoms with Gasteiger partial charge in [-0.05, 0) is 38.5 Å². The predicted molar refractivity (Wildman–Crippen MR) is 77.2 cm³/mol. The van der Waals surface area contributed by atoms with Crippen LogP contribution in [-0.4, -0.2) is 48.7 Å². The van der Waals surface area contributed by atoms with Gasteiger partial charge in [0, 0.05) is 24.8 Å². The molecule has 108 valence electrons. The largest absolute Gasteiger partial charge is 0.395 e. The number of hydrazone groups is 1. The Bertz CT molecular complexity index is 343. The van der Waals surface area contributed by atoms with Gasteiger partial charge in [0.05, 0.1) is 19.3 Å². The van der Waals surface area contributed by atoms with E-state index in [0.29, 0.717) is 6.04 Å². The molecule has 0 bridgehead atoms. The number of ether oxygens (including phenoxy) is 1. The van der Waals surface area contributed by atoms with Gasteiger partial charge in [-0.15, -0.1) is 6.58 Å². The van der Waals surface area contributed by atoms with Gasteiger partial charge in [0.2, 0.25) is 0 Å². The summed E-state index contributed by atoms with van der Waals surface area (Å²) >= 11 is 0. The third-order valence-electron chi connectivity index (χ3n) is 4.47. The van der Waals surface area contributed by atoms with Crippen molar-refractivity contribution in [1.82, 2.24) is 5.01 Å². The lowest BCUT2D eigenvalue weighted by atomic mass is 9.82. The van der Waals surface area contributed by atoms with Crippen LogP contribution in [0.5, 0.6) is 0 Å². The molecule has 1 heterocycles. The lowest BCUT2D eigenvalue weighted by Crippen LogP contribution is -2.35. The van der Waals surface area contributed by atoms with Gasteiger partial charge in [-0.25, -0.2) is 0 Å². The normalized spacial score (nSPS) is 33.3. The highest BCUT2D eigenvalue weighted by Crippen LogP contribution is 2.39. The van der Waals surface area contributed by atoms with E-state index in [0.717, 1.165) is 51.0 Å². The molecule has 0 unspecified atom stereocenters. The molecule has 2 aliphatic rings. The van der Waals surface area contributed by atoms with Gasteiger partial charge in [-0.2, -0.15) is 5.10 Å². The minimum Gasteiger partial charge on any atom is -0.395 e. The zero-order valence-electron chi connectivity index (χ0n) is 12.0. The van der Waals surface area contributed by atoms with Gasteiger partial charge in [0.25, 0.3) is 0 Å². The molecule has 1 saturated heterocycles. The first kappa shape index (κ1) is 14.5. The zero-order chi connectivity index (χ0) is 13.7. The summed E-state index contributed by atoms with van der Waals surface area (Å²) in [7, 11) is 1.74. The second-order valence-electron chi connectivity index (χ2n) is 5.75. The number of hydrogen-bond donors (Lipinski definition) is 1. The highest BCUT2D eigenvalue weighted by atomic mass is 16.5. The van der Waals surface area contributed by atoms with Crippen LogP contribution in [0.25, 0.3) is 0 Å². The second kappa shape index (κ2) is 6.53. The summed E-state index contributed by atoms with van der Waals surface area (Å²) in [5, 5.41) is 16.8. The molecular weight excluding hydrogens is 240 g/mol. The number of rotatable bonds is 6. The van der Waals surface area contributed by atoms with Gasteiger partial charge < -0.3 is 9.84 Å². The molecule has 4 heteroatoms. The Morgan fingerprint density at radius 2 is 2.42 bits per heavy atom. The molecule has 1 aliphatic carbocycles. The Hall–Kier alpha value is -0.870. The fraction of sp³-hybridized carbons (Fsp3) is 0.800. The molecule has 0 aromatic carbocycles. The molecule has 0 aromatic heterocycles. The zero-order valence-corrected chi connectivity index (χ0v) is 12.0. The van der Waals surface area contributed by atoms with Gasteiger partial charge in [0.1, 0.15) is 0 Å². The van der Waals surface area contributed by atoms with Crippen molar-refractivity contribution >= 4 is 5.71 Å². The molecule has 0 radical (unpaired) electrons. The number of hydrogen-bond acceptors (Lipinski definition) is 4. The quantitative estimate of drug-likeness (QED) is 0.750. The van der Waals surface area contributed by atoms with Crippen LogP contribution < -0.4 is 0 Å². The van der Waals surface area contributed by atoms with Crippen LogP contribution in [0.1, 0.15) is 38.5 Å². The van der Waals surface area contributed by atoms with Gasteiger partial charge in [0.15, 0.2) is 0 Å². The Kier molecular flexibility index (Phi) is 4.99. The molecule has 2 fully saturated rings. The number of nitrogens with zero attached hydrogens (tertiary/aromatic N) is 2. The lowest BCUT2D eigenvalue weighted by molar-refractivity contribution is 0.116. The van der Waals surface area contributed by atoms with E-state index in [1.807, 2.05) is 6.08 Å². The summed E-state index contributed by atoms with van der Waals surface area (Å²) in [5.74, 6) is 0. The minimum absolute atomic E-state index is 0.151. The van der Waals surface area contributed by atoms with Crippen LogP contribution in [0, 0.1) is 5.41 Å². The Morgan fingerprint density at radius 3 is 3.11 bits per heavy atom.